The Labute approximate surface area is 169 Å². The average molecular weight is 387 g/mol. The second kappa shape index (κ2) is 7.20. The molecule has 0 radical (unpaired) electrons. The first-order chi connectivity index (χ1) is 14.2. The lowest BCUT2D eigenvalue weighted by Gasteiger charge is -2.37. The molecule has 1 fully saturated rings. The van der Waals surface area contributed by atoms with E-state index >= 15 is 0 Å². The molecule has 0 unspecified atom stereocenters. The molecule has 1 saturated heterocycles. The SMILES string of the molecule is Cc1ccccc1N1CCN(c2nccn3nc(-c4ccc(F)cc4)cc23)CC1. The van der Waals surface area contributed by atoms with Crippen LogP contribution >= 0.6 is 0 Å². The summed E-state index contributed by atoms with van der Waals surface area (Å²) in [4.78, 5) is 9.41. The van der Waals surface area contributed by atoms with Gasteiger partial charge in [0.2, 0.25) is 0 Å². The first kappa shape index (κ1) is 17.7. The zero-order chi connectivity index (χ0) is 19.8. The van der Waals surface area contributed by atoms with Gasteiger partial charge in [-0.25, -0.2) is 13.9 Å². The van der Waals surface area contributed by atoms with Crippen LogP contribution in [0.5, 0.6) is 0 Å². The Hall–Kier alpha value is -3.41. The normalized spacial score (nSPS) is 14.6. The molecule has 5 nitrogen and oxygen atoms in total. The third kappa shape index (κ3) is 3.31. The number of aromatic nitrogens is 3. The van der Waals surface area contributed by atoms with Crippen molar-refractivity contribution in [3.63, 3.8) is 0 Å². The summed E-state index contributed by atoms with van der Waals surface area (Å²) >= 11 is 0. The summed E-state index contributed by atoms with van der Waals surface area (Å²) in [5, 5.41) is 4.66. The summed E-state index contributed by atoms with van der Waals surface area (Å²) in [6, 6.07) is 17.0. The topological polar surface area (TPSA) is 36.7 Å². The van der Waals surface area contributed by atoms with Gasteiger partial charge in [0.1, 0.15) is 11.3 Å². The number of halogens is 1. The monoisotopic (exact) mass is 387 g/mol. The average Bonchev–Trinajstić information content (AvgIpc) is 3.19. The number of hydrogen-bond donors (Lipinski definition) is 0. The Morgan fingerprint density at radius 1 is 0.897 bits per heavy atom. The molecule has 0 saturated carbocycles. The molecule has 146 valence electrons. The zero-order valence-electron chi connectivity index (χ0n) is 16.3. The van der Waals surface area contributed by atoms with E-state index in [0.717, 1.165) is 48.8 Å². The molecule has 1 aliphatic heterocycles. The van der Waals surface area contributed by atoms with Crippen LogP contribution in [-0.4, -0.2) is 40.8 Å². The second-order valence-electron chi connectivity index (χ2n) is 7.38. The smallest absolute Gasteiger partial charge is 0.154 e. The highest BCUT2D eigenvalue weighted by molar-refractivity contribution is 5.75. The highest BCUT2D eigenvalue weighted by atomic mass is 19.1. The quantitative estimate of drug-likeness (QED) is 0.529. The Morgan fingerprint density at radius 2 is 1.62 bits per heavy atom. The van der Waals surface area contributed by atoms with E-state index in [2.05, 4.69) is 51.1 Å². The number of hydrogen-bond acceptors (Lipinski definition) is 4. The summed E-state index contributed by atoms with van der Waals surface area (Å²) < 4.78 is 15.1. The summed E-state index contributed by atoms with van der Waals surface area (Å²) in [7, 11) is 0. The van der Waals surface area contributed by atoms with Gasteiger partial charge in [0.15, 0.2) is 5.82 Å². The molecule has 0 spiro atoms. The molecule has 0 aliphatic carbocycles. The Bertz CT molecular complexity index is 1140. The van der Waals surface area contributed by atoms with Gasteiger partial charge in [-0.15, -0.1) is 0 Å². The minimum Gasteiger partial charge on any atom is -0.368 e. The van der Waals surface area contributed by atoms with Crippen LogP contribution in [0.2, 0.25) is 0 Å². The predicted molar refractivity (Wildman–Crippen MR) is 114 cm³/mol. The van der Waals surface area contributed by atoms with Gasteiger partial charge in [-0.2, -0.15) is 5.10 Å². The van der Waals surface area contributed by atoms with Crippen LogP contribution in [0, 0.1) is 12.7 Å². The Kier molecular flexibility index (Phi) is 4.39. The third-order valence-corrected chi connectivity index (χ3v) is 5.54. The van der Waals surface area contributed by atoms with Gasteiger partial charge in [-0.05, 0) is 48.9 Å². The largest absolute Gasteiger partial charge is 0.368 e. The molecule has 29 heavy (non-hydrogen) atoms. The van der Waals surface area contributed by atoms with Crippen molar-refractivity contribution in [2.45, 2.75) is 6.92 Å². The van der Waals surface area contributed by atoms with Crippen molar-refractivity contribution in [3.05, 3.63) is 78.4 Å². The standard InChI is InChI=1S/C23H22FN5/c1-17-4-2-3-5-21(17)27-12-14-28(15-13-27)23-22-16-20(26-29(22)11-10-25-23)18-6-8-19(24)9-7-18/h2-11,16H,12-15H2,1H3. The summed E-state index contributed by atoms with van der Waals surface area (Å²) in [5.41, 5.74) is 5.29. The molecule has 0 amide bonds. The number of para-hydroxylation sites is 1. The molecular weight excluding hydrogens is 365 g/mol. The van der Waals surface area contributed by atoms with E-state index in [4.69, 9.17) is 0 Å². The Balaban J connectivity index is 1.41. The number of nitrogens with zero attached hydrogens (tertiary/aromatic N) is 5. The molecule has 5 rings (SSSR count). The van der Waals surface area contributed by atoms with E-state index in [1.54, 1.807) is 18.3 Å². The predicted octanol–water partition coefficient (Wildman–Crippen LogP) is 4.17. The van der Waals surface area contributed by atoms with Crippen LogP contribution in [0.15, 0.2) is 67.0 Å². The molecule has 6 heteroatoms. The van der Waals surface area contributed by atoms with Crippen LogP contribution in [0.25, 0.3) is 16.8 Å². The van der Waals surface area contributed by atoms with Gasteiger partial charge in [-0.1, -0.05) is 18.2 Å². The highest BCUT2D eigenvalue weighted by Gasteiger charge is 2.21. The van der Waals surface area contributed by atoms with Gasteiger partial charge < -0.3 is 9.80 Å². The molecular formula is C23H22FN5. The van der Waals surface area contributed by atoms with Crippen LogP contribution in [0.3, 0.4) is 0 Å². The van der Waals surface area contributed by atoms with E-state index in [1.165, 1.54) is 23.4 Å². The third-order valence-electron chi connectivity index (χ3n) is 5.54. The molecule has 2 aromatic carbocycles. The maximum atomic E-state index is 13.2. The summed E-state index contributed by atoms with van der Waals surface area (Å²) in [5.74, 6) is 0.698. The first-order valence-electron chi connectivity index (χ1n) is 9.85. The van der Waals surface area contributed by atoms with E-state index in [1.807, 2.05) is 16.8 Å². The molecule has 0 atom stereocenters. The maximum Gasteiger partial charge on any atom is 0.154 e. The van der Waals surface area contributed by atoms with Crippen molar-refractivity contribution in [2.24, 2.45) is 0 Å². The summed E-state index contributed by atoms with van der Waals surface area (Å²) in [6.45, 7) is 5.86. The minimum atomic E-state index is -0.244. The maximum absolute atomic E-state index is 13.2. The van der Waals surface area contributed by atoms with Crippen LogP contribution < -0.4 is 9.80 Å². The number of anilines is 2. The van der Waals surface area contributed by atoms with Gasteiger partial charge in [0.05, 0.1) is 5.69 Å². The fourth-order valence-corrected chi connectivity index (χ4v) is 3.99. The number of aryl methyl sites for hydroxylation is 1. The molecule has 0 bridgehead atoms. The lowest BCUT2D eigenvalue weighted by Crippen LogP contribution is -2.47. The number of fused-ring (bicyclic) bond motifs is 1. The molecule has 4 aromatic rings. The van der Waals surface area contributed by atoms with E-state index in [0.29, 0.717) is 0 Å². The van der Waals surface area contributed by atoms with E-state index < -0.39 is 0 Å². The second-order valence-corrected chi connectivity index (χ2v) is 7.38. The molecule has 1 aliphatic rings. The van der Waals surface area contributed by atoms with Gasteiger partial charge >= 0.3 is 0 Å². The van der Waals surface area contributed by atoms with Crippen molar-refractivity contribution in [1.29, 1.82) is 0 Å². The number of rotatable bonds is 3. The molecule has 2 aromatic heterocycles. The van der Waals surface area contributed by atoms with Gasteiger partial charge in [0.25, 0.3) is 0 Å². The van der Waals surface area contributed by atoms with Gasteiger partial charge in [-0.3, -0.25) is 0 Å². The zero-order valence-corrected chi connectivity index (χ0v) is 16.3. The van der Waals surface area contributed by atoms with Crippen LogP contribution in [0.1, 0.15) is 5.56 Å². The van der Waals surface area contributed by atoms with Crippen molar-refractivity contribution < 1.29 is 4.39 Å². The lowest BCUT2D eigenvalue weighted by atomic mass is 10.1. The van der Waals surface area contributed by atoms with Crippen LogP contribution in [-0.2, 0) is 0 Å². The van der Waals surface area contributed by atoms with E-state index in [-0.39, 0.29) is 5.82 Å². The number of benzene rings is 2. The Morgan fingerprint density at radius 3 is 2.38 bits per heavy atom. The fourth-order valence-electron chi connectivity index (χ4n) is 3.99. The van der Waals surface area contributed by atoms with E-state index in [9.17, 15) is 4.39 Å². The van der Waals surface area contributed by atoms with Crippen molar-refractivity contribution in [2.75, 3.05) is 36.0 Å². The molecule has 3 heterocycles. The summed E-state index contributed by atoms with van der Waals surface area (Å²) in [6.07, 6.45) is 3.65. The fraction of sp³-hybridized carbons (Fsp3) is 0.217. The first-order valence-corrected chi connectivity index (χ1v) is 9.85. The number of piperazine rings is 1. The van der Waals surface area contributed by atoms with Crippen LogP contribution in [0.4, 0.5) is 15.9 Å². The minimum absolute atomic E-state index is 0.244. The van der Waals surface area contributed by atoms with Crippen molar-refractivity contribution in [3.8, 4) is 11.3 Å². The lowest BCUT2D eigenvalue weighted by molar-refractivity contribution is 0.628. The highest BCUT2D eigenvalue weighted by Crippen LogP contribution is 2.27. The molecule has 0 N–H and O–H groups in total. The van der Waals surface area contributed by atoms with Crippen molar-refractivity contribution >= 4 is 17.0 Å². The van der Waals surface area contributed by atoms with Gasteiger partial charge in [0, 0.05) is 49.8 Å². The van der Waals surface area contributed by atoms with Crippen molar-refractivity contribution in [1.82, 2.24) is 14.6 Å².